The van der Waals surface area contributed by atoms with Gasteiger partial charge in [0.2, 0.25) is 5.78 Å². The van der Waals surface area contributed by atoms with E-state index in [1.807, 2.05) is 47.9 Å². The summed E-state index contributed by atoms with van der Waals surface area (Å²) in [4.78, 5) is 21.6. The maximum atomic E-state index is 12.7. The summed E-state index contributed by atoms with van der Waals surface area (Å²) in [6.07, 6.45) is 3.63. The van der Waals surface area contributed by atoms with E-state index in [1.54, 1.807) is 24.4 Å². The summed E-state index contributed by atoms with van der Waals surface area (Å²) in [6, 6.07) is 14.3. The fraction of sp³-hybridized carbons (Fsp3) is 0.0952. The van der Waals surface area contributed by atoms with Crippen LogP contribution in [-0.2, 0) is 0 Å². The third-order valence-corrected chi connectivity index (χ3v) is 4.68. The predicted octanol–water partition coefficient (Wildman–Crippen LogP) is 4.62. The Hall–Kier alpha value is -3.38. The number of anilines is 1. The van der Waals surface area contributed by atoms with Crippen molar-refractivity contribution < 1.29 is 9.53 Å². The van der Waals surface area contributed by atoms with Crippen LogP contribution in [0.2, 0.25) is 5.02 Å². The van der Waals surface area contributed by atoms with Crippen molar-refractivity contribution in [1.82, 2.24) is 14.4 Å². The second kappa shape index (κ2) is 7.32. The smallest absolute Gasteiger partial charge is 0.259 e. The third-order valence-electron chi connectivity index (χ3n) is 4.44. The van der Waals surface area contributed by atoms with E-state index < -0.39 is 0 Å². The van der Waals surface area contributed by atoms with Crippen molar-refractivity contribution in [2.45, 2.75) is 6.92 Å². The van der Waals surface area contributed by atoms with E-state index in [-0.39, 0.29) is 5.91 Å². The van der Waals surface area contributed by atoms with Gasteiger partial charge in [-0.1, -0.05) is 23.7 Å². The molecule has 0 atom stereocenters. The molecule has 0 aliphatic heterocycles. The Bertz CT molecular complexity index is 1190. The highest BCUT2D eigenvalue weighted by atomic mass is 35.5. The average molecular weight is 393 g/mol. The summed E-state index contributed by atoms with van der Waals surface area (Å²) in [7, 11) is 1.51. The monoisotopic (exact) mass is 392 g/mol. The maximum Gasteiger partial charge on any atom is 0.259 e. The van der Waals surface area contributed by atoms with Gasteiger partial charge in [0.1, 0.15) is 5.75 Å². The number of rotatable bonds is 4. The highest BCUT2D eigenvalue weighted by molar-refractivity contribution is 6.31. The second-order valence-electron chi connectivity index (χ2n) is 6.22. The summed E-state index contributed by atoms with van der Waals surface area (Å²) >= 11 is 6.03. The van der Waals surface area contributed by atoms with Crippen LogP contribution in [0.25, 0.3) is 17.0 Å². The van der Waals surface area contributed by atoms with E-state index in [4.69, 9.17) is 16.3 Å². The molecule has 0 bridgehead atoms. The largest absolute Gasteiger partial charge is 0.496 e. The molecule has 0 saturated heterocycles. The number of hydrogen-bond donors (Lipinski definition) is 1. The van der Waals surface area contributed by atoms with Crippen LogP contribution < -0.4 is 10.1 Å². The van der Waals surface area contributed by atoms with Crippen LogP contribution in [0.5, 0.6) is 5.75 Å². The Morgan fingerprint density at radius 1 is 1.18 bits per heavy atom. The number of methoxy groups -OCH3 is 1. The molecule has 1 amide bonds. The molecular formula is C21H17ClN4O2. The number of fused-ring (bicyclic) bond motifs is 1. The van der Waals surface area contributed by atoms with Crippen LogP contribution in [-0.4, -0.2) is 27.4 Å². The number of carbonyl (C=O) groups is 1. The first-order valence-electron chi connectivity index (χ1n) is 8.62. The van der Waals surface area contributed by atoms with Gasteiger partial charge in [-0.2, -0.15) is 0 Å². The van der Waals surface area contributed by atoms with Gasteiger partial charge in [-0.25, -0.2) is 9.97 Å². The van der Waals surface area contributed by atoms with Crippen LogP contribution in [0.4, 0.5) is 5.69 Å². The molecule has 0 saturated carbocycles. The van der Waals surface area contributed by atoms with Crippen molar-refractivity contribution in [2.75, 3.05) is 12.4 Å². The lowest BCUT2D eigenvalue weighted by Crippen LogP contribution is -2.13. The minimum Gasteiger partial charge on any atom is -0.496 e. The highest BCUT2D eigenvalue weighted by Gasteiger charge is 2.15. The zero-order chi connectivity index (χ0) is 19.7. The van der Waals surface area contributed by atoms with Gasteiger partial charge in [0.05, 0.1) is 18.4 Å². The molecule has 2 heterocycles. The van der Waals surface area contributed by atoms with Crippen molar-refractivity contribution in [3.8, 4) is 17.0 Å². The first kappa shape index (κ1) is 18.0. The molecule has 4 aromatic rings. The quantitative estimate of drug-likeness (QED) is 0.550. The number of imidazole rings is 1. The minimum absolute atomic E-state index is 0.301. The van der Waals surface area contributed by atoms with Gasteiger partial charge in [0.25, 0.3) is 5.91 Å². The molecule has 6 nitrogen and oxygen atoms in total. The molecule has 0 unspecified atom stereocenters. The van der Waals surface area contributed by atoms with Crippen LogP contribution in [0, 0.1) is 6.92 Å². The van der Waals surface area contributed by atoms with E-state index in [2.05, 4.69) is 15.3 Å². The molecule has 0 fully saturated rings. The van der Waals surface area contributed by atoms with Crippen molar-refractivity contribution >= 4 is 29.0 Å². The van der Waals surface area contributed by atoms with Gasteiger partial charge in [-0.15, -0.1) is 0 Å². The standard InChI is InChI=1S/C21H17ClN4O2/c1-13-19(25-21-23-9-4-10-26(13)21)14-5-3-6-16(11-14)24-20(27)17-12-15(22)7-8-18(17)28-2/h3-12H,1-2H3,(H,24,27). The number of hydrogen-bond acceptors (Lipinski definition) is 4. The zero-order valence-electron chi connectivity index (χ0n) is 15.3. The topological polar surface area (TPSA) is 68.5 Å². The Labute approximate surface area is 166 Å². The summed E-state index contributed by atoms with van der Waals surface area (Å²) < 4.78 is 7.19. The SMILES string of the molecule is COc1ccc(Cl)cc1C(=O)Nc1cccc(-c2nc3ncccn3c2C)c1. The number of nitrogens with one attached hydrogen (secondary N) is 1. The molecule has 2 aromatic heterocycles. The Morgan fingerprint density at radius 2 is 2.04 bits per heavy atom. The van der Waals surface area contributed by atoms with Crippen LogP contribution >= 0.6 is 11.6 Å². The van der Waals surface area contributed by atoms with Gasteiger partial charge in [0, 0.05) is 34.4 Å². The molecule has 140 valence electrons. The predicted molar refractivity (Wildman–Crippen MR) is 109 cm³/mol. The number of benzene rings is 2. The normalized spacial score (nSPS) is 10.8. The molecule has 0 radical (unpaired) electrons. The van der Waals surface area contributed by atoms with Gasteiger partial charge >= 0.3 is 0 Å². The number of nitrogens with zero attached hydrogens (tertiary/aromatic N) is 3. The first-order valence-corrected chi connectivity index (χ1v) is 8.99. The number of amides is 1. The summed E-state index contributed by atoms with van der Waals surface area (Å²) in [6.45, 7) is 1.99. The molecule has 1 N–H and O–H groups in total. The van der Waals surface area contributed by atoms with Crippen LogP contribution in [0.3, 0.4) is 0 Å². The number of aromatic nitrogens is 3. The Kier molecular flexibility index (Phi) is 4.71. The van der Waals surface area contributed by atoms with Gasteiger partial charge in [-0.05, 0) is 43.3 Å². The lowest BCUT2D eigenvalue weighted by Gasteiger charge is -2.10. The molecule has 4 rings (SSSR count). The van der Waals surface area contributed by atoms with E-state index in [0.29, 0.717) is 27.8 Å². The van der Waals surface area contributed by atoms with E-state index in [1.165, 1.54) is 7.11 Å². The van der Waals surface area contributed by atoms with Gasteiger partial charge in [0.15, 0.2) is 0 Å². The molecule has 2 aromatic carbocycles. The third kappa shape index (κ3) is 3.30. The van der Waals surface area contributed by atoms with E-state index in [0.717, 1.165) is 17.0 Å². The lowest BCUT2D eigenvalue weighted by atomic mass is 10.1. The summed E-state index contributed by atoms with van der Waals surface area (Å²) in [5, 5.41) is 3.36. The lowest BCUT2D eigenvalue weighted by molar-refractivity contribution is 0.102. The second-order valence-corrected chi connectivity index (χ2v) is 6.65. The Morgan fingerprint density at radius 3 is 2.82 bits per heavy atom. The Balaban J connectivity index is 1.67. The maximum absolute atomic E-state index is 12.7. The fourth-order valence-electron chi connectivity index (χ4n) is 3.08. The molecule has 7 heteroatoms. The molecule has 28 heavy (non-hydrogen) atoms. The van der Waals surface area contributed by atoms with Crippen LogP contribution in [0.15, 0.2) is 60.9 Å². The zero-order valence-corrected chi connectivity index (χ0v) is 16.1. The fourth-order valence-corrected chi connectivity index (χ4v) is 3.25. The number of aryl methyl sites for hydroxylation is 1. The van der Waals surface area contributed by atoms with Crippen LogP contribution in [0.1, 0.15) is 16.1 Å². The van der Waals surface area contributed by atoms with E-state index >= 15 is 0 Å². The first-order chi connectivity index (χ1) is 13.6. The number of carbonyl (C=O) groups excluding carboxylic acids is 1. The molecular weight excluding hydrogens is 376 g/mol. The average Bonchev–Trinajstić information content (AvgIpc) is 3.05. The van der Waals surface area contributed by atoms with Gasteiger partial charge in [-0.3, -0.25) is 9.20 Å². The van der Waals surface area contributed by atoms with E-state index in [9.17, 15) is 4.79 Å². The molecule has 0 spiro atoms. The van der Waals surface area contributed by atoms with Crippen molar-refractivity contribution in [2.24, 2.45) is 0 Å². The number of halogens is 1. The summed E-state index contributed by atoms with van der Waals surface area (Å²) in [5.74, 6) is 0.790. The van der Waals surface area contributed by atoms with Crippen molar-refractivity contribution in [3.05, 3.63) is 77.2 Å². The number of ether oxygens (including phenoxy) is 1. The minimum atomic E-state index is -0.301. The van der Waals surface area contributed by atoms with Crippen molar-refractivity contribution in [1.29, 1.82) is 0 Å². The van der Waals surface area contributed by atoms with Gasteiger partial charge < -0.3 is 10.1 Å². The molecule has 0 aliphatic carbocycles. The molecule has 0 aliphatic rings. The summed E-state index contributed by atoms with van der Waals surface area (Å²) in [5.41, 5.74) is 3.69. The highest BCUT2D eigenvalue weighted by Crippen LogP contribution is 2.27. The van der Waals surface area contributed by atoms with Crippen molar-refractivity contribution in [3.63, 3.8) is 0 Å².